The molecule has 0 bridgehead atoms. The van der Waals surface area contributed by atoms with Crippen LogP contribution in [0.25, 0.3) is 11.1 Å². The van der Waals surface area contributed by atoms with Crippen LogP contribution in [0.5, 0.6) is 0 Å². The summed E-state index contributed by atoms with van der Waals surface area (Å²) in [6, 6.07) is 24.8. The molecule has 3 aromatic carbocycles. The number of hydrogen-bond donors (Lipinski definition) is 0. The van der Waals surface area contributed by atoms with Crippen molar-refractivity contribution in [2.45, 2.75) is 26.0 Å². The molecule has 4 rings (SSSR count). The molecule has 1 fully saturated rings. The molecule has 0 saturated carbocycles. The third kappa shape index (κ3) is 4.46. The average molecular weight is 399 g/mol. The largest absolute Gasteiger partial charge is 0.457 e. The Morgan fingerprint density at radius 3 is 1.93 bits per heavy atom. The highest BCUT2D eigenvalue weighted by atomic mass is 16.5. The molecule has 1 heterocycles. The minimum atomic E-state index is -0.415. The summed E-state index contributed by atoms with van der Waals surface area (Å²) in [5.74, 6) is -0.717. The van der Waals surface area contributed by atoms with E-state index in [9.17, 15) is 14.4 Å². The number of imide groups is 1. The fourth-order valence-corrected chi connectivity index (χ4v) is 3.38. The summed E-state index contributed by atoms with van der Waals surface area (Å²) in [6.45, 7) is 0.424. The first-order chi connectivity index (χ1) is 14.6. The SMILES string of the molecule is O=C(OCc1ccc(-c2ccccc2)cc1)c1ccc(CN2C(=O)CCC2=O)cc1. The van der Waals surface area contributed by atoms with Gasteiger partial charge in [0.25, 0.3) is 0 Å². The van der Waals surface area contributed by atoms with Crippen LogP contribution in [-0.4, -0.2) is 22.7 Å². The van der Waals surface area contributed by atoms with Gasteiger partial charge in [-0.2, -0.15) is 0 Å². The highest BCUT2D eigenvalue weighted by Crippen LogP contribution is 2.20. The van der Waals surface area contributed by atoms with Crippen LogP contribution in [0, 0.1) is 0 Å². The van der Waals surface area contributed by atoms with Gasteiger partial charge >= 0.3 is 5.97 Å². The van der Waals surface area contributed by atoms with E-state index in [1.54, 1.807) is 24.3 Å². The zero-order chi connectivity index (χ0) is 20.9. The summed E-state index contributed by atoms with van der Waals surface area (Å²) < 4.78 is 5.41. The first-order valence-corrected chi connectivity index (χ1v) is 9.84. The van der Waals surface area contributed by atoms with Crippen molar-refractivity contribution in [2.75, 3.05) is 0 Å². The third-order valence-electron chi connectivity index (χ3n) is 5.12. The summed E-state index contributed by atoms with van der Waals surface area (Å²) in [7, 11) is 0. The Hall–Kier alpha value is -3.73. The van der Waals surface area contributed by atoms with E-state index in [-0.39, 0.29) is 37.8 Å². The van der Waals surface area contributed by atoms with E-state index >= 15 is 0 Å². The lowest BCUT2D eigenvalue weighted by Crippen LogP contribution is -2.28. The Bertz CT molecular complexity index is 1040. The molecular weight excluding hydrogens is 378 g/mol. The topological polar surface area (TPSA) is 63.7 Å². The molecule has 1 aliphatic rings. The van der Waals surface area contributed by atoms with Gasteiger partial charge in [-0.3, -0.25) is 14.5 Å². The molecule has 0 radical (unpaired) electrons. The van der Waals surface area contributed by atoms with Crippen LogP contribution in [-0.2, 0) is 27.5 Å². The van der Waals surface area contributed by atoms with Gasteiger partial charge in [-0.1, -0.05) is 66.7 Å². The maximum atomic E-state index is 12.3. The fraction of sp³-hybridized carbons (Fsp3) is 0.160. The van der Waals surface area contributed by atoms with Crippen molar-refractivity contribution in [1.29, 1.82) is 0 Å². The van der Waals surface area contributed by atoms with Crippen molar-refractivity contribution in [1.82, 2.24) is 4.90 Å². The smallest absolute Gasteiger partial charge is 0.338 e. The molecular formula is C25H21NO4. The van der Waals surface area contributed by atoms with Gasteiger partial charge in [-0.25, -0.2) is 4.79 Å². The van der Waals surface area contributed by atoms with Gasteiger partial charge in [0.05, 0.1) is 12.1 Å². The zero-order valence-corrected chi connectivity index (χ0v) is 16.4. The number of hydrogen-bond acceptors (Lipinski definition) is 4. The lowest BCUT2D eigenvalue weighted by Gasteiger charge is -2.13. The van der Waals surface area contributed by atoms with E-state index in [0.29, 0.717) is 5.56 Å². The van der Waals surface area contributed by atoms with Gasteiger partial charge in [0, 0.05) is 12.8 Å². The maximum absolute atomic E-state index is 12.3. The van der Waals surface area contributed by atoms with Crippen LogP contribution in [0.1, 0.15) is 34.3 Å². The average Bonchev–Trinajstić information content (AvgIpc) is 3.11. The molecule has 2 amide bonds. The van der Waals surface area contributed by atoms with Crippen LogP contribution >= 0.6 is 0 Å². The Morgan fingerprint density at radius 1 is 0.733 bits per heavy atom. The van der Waals surface area contributed by atoms with E-state index < -0.39 is 5.97 Å². The summed E-state index contributed by atoms with van der Waals surface area (Å²) in [5, 5.41) is 0. The van der Waals surface area contributed by atoms with Gasteiger partial charge in [0.2, 0.25) is 11.8 Å². The number of ether oxygens (including phenoxy) is 1. The number of amides is 2. The summed E-state index contributed by atoms with van der Waals surface area (Å²) in [6.07, 6.45) is 0.547. The van der Waals surface area contributed by atoms with E-state index in [2.05, 4.69) is 0 Å². The molecule has 0 aliphatic carbocycles. The number of carbonyl (C=O) groups excluding carboxylic acids is 3. The summed E-state index contributed by atoms with van der Waals surface area (Å²) >= 11 is 0. The van der Waals surface area contributed by atoms with E-state index in [1.807, 2.05) is 54.6 Å². The second kappa shape index (κ2) is 8.74. The molecule has 0 atom stereocenters. The van der Waals surface area contributed by atoms with Crippen molar-refractivity contribution in [2.24, 2.45) is 0 Å². The first-order valence-electron chi connectivity index (χ1n) is 9.84. The maximum Gasteiger partial charge on any atom is 0.338 e. The van der Waals surface area contributed by atoms with Crippen molar-refractivity contribution in [3.8, 4) is 11.1 Å². The number of rotatable bonds is 6. The lowest BCUT2D eigenvalue weighted by molar-refractivity contribution is -0.139. The number of carbonyl (C=O) groups is 3. The fourth-order valence-electron chi connectivity index (χ4n) is 3.38. The standard InChI is InChI=1S/C25H21NO4/c27-23-14-15-24(28)26(23)16-18-6-12-22(13-7-18)25(29)30-17-19-8-10-21(11-9-19)20-4-2-1-3-5-20/h1-13H,14-17H2. The van der Waals surface area contributed by atoms with Gasteiger partial charge < -0.3 is 4.74 Å². The predicted molar refractivity (Wildman–Crippen MR) is 112 cm³/mol. The molecule has 5 nitrogen and oxygen atoms in total. The van der Waals surface area contributed by atoms with Gasteiger partial charge in [0.15, 0.2) is 0 Å². The molecule has 5 heteroatoms. The molecule has 0 aromatic heterocycles. The molecule has 1 aliphatic heterocycles. The molecule has 3 aromatic rings. The second-order valence-corrected chi connectivity index (χ2v) is 7.21. The van der Waals surface area contributed by atoms with Crippen LogP contribution < -0.4 is 0 Å². The van der Waals surface area contributed by atoms with Crippen molar-refractivity contribution < 1.29 is 19.1 Å². The Balaban J connectivity index is 1.33. The predicted octanol–water partition coefficient (Wildman–Crippen LogP) is 4.36. The van der Waals surface area contributed by atoms with Crippen LogP contribution in [0.15, 0.2) is 78.9 Å². The highest BCUT2D eigenvalue weighted by Gasteiger charge is 2.28. The minimum Gasteiger partial charge on any atom is -0.457 e. The van der Waals surface area contributed by atoms with Crippen molar-refractivity contribution in [3.63, 3.8) is 0 Å². The zero-order valence-electron chi connectivity index (χ0n) is 16.4. The summed E-state index contributed by atoms with van der Waals surface area (Å²) in [4.78, 5) is 37.0. The summed E-state index contributed by atoms with van der Waals surface area (Å²) in [5.41, 5.74) is 4.38. The monoisotopic (exact) mass is 399 g/mol. The number of likely N-dealkylation sites (tertiary alicyclic amines) is 1. The molecule has 0 unspecified atom stereocenters. The first kappa shape index (κ1) is 19.6. The third-order valence-corrected chi connectivity index (χ3v) is 5.12. The number of esters is 1. The van der Waals surface area contributed by atoms with E-state index in [4.69, 9.17) is 4.74 Å². The van der Waals surface area contributed by atoms with Crippen LogP contribution in [0.3, 0.4) is 0 Å². The Labute approximate surface area is 174 Å². The quantitative estimate of drug-likeness (QED) is 0.456. The van der Waals surface area contributed by atoms with Crippen molar-refractivity contribution in [3.05, 3.63) is 95.6 Å². The van der Waals surface area contributed by atoms with E-state index in [1.165, 1.54) is 4.90 Å². The van der Waals surface area contributed by atoms with Crippen molar-refractivity contribution >= 4 is 17.8 Å². The number of benzene rings is 3. The molecule has 150 valence electrons. The molecule has 30 heavy (non-hydrogen) atoms. The normalized spacial score (nSPS) is 13.5. The van der Waals surface area contributed by atoms with E-state index in [0.717, 1.165) is 22.3 Å². The molecule has 0 spiro atoms. The van der Waals surface area contributed by atoms with Gasteiger partial charge in [0.1, 0.15) is 6.61 Å². The second-order valence-electron chi connectivity index (χ2n) is 7.21. The van der Waals surface area contributed by atoms with Gasteiger partial charge in [-0.15, -0.1) is 0 Å². The van der Waals surface area contributed by atoms with Crippen LogP contribution in [0.4, 0.5) is 0 Å². The Kier molecular flexibility index (Phi) is 5.70. The highest BCUT2D eigenvalue weighted by molar-refractivity contribution is 6.01. The lowest BCUT2D eigenvalue weighted by atomic mass is 10.0. The molecule has 0 N–H and O–H groups in total. The van der Waals surface area contributed by atoms with Gasteiger partial charge in [-0.05, 0) is 34.4 Å². The number of nitrogens with zero attached hydrogens (tertiary/aromatic N) is 1. The molecule has 1 saturated heterocycles. The minimum absolute atomic E-state index is 0.151. The Morgan fingerprint density at radius 2 is 1.30 bits per heavy atom. The van der Waals surface area contributed by atoms with Crippen LogP contribution in [0.2, 0.25) is 0 Å².